The summed E-state index contributed by atoms with van der Waals surface area (Å²) in [6.07, 6.45) is 46.9. The summed E-state index contributed by atoms with van der Waals surface area (Å²) in [5.41, 5.74) is 1.47. The quantitative estimate of drug-likeness (QED) is 0.216. The number of aromatic nitrogens is 4. The fourth-order valence-electron chi connectivity index (χ4n) is 19.7. The number of imidazole rings is 2. The first-order valence-electron chi connectivity index (χ1n) is 23.6. The second-order valence-corrected chi connectivity index (χ2v) is 24.8. The second kappa shape index (κ2) is 12.0. The SMILES string of the molecule is F[B-](F)(F)F.c1cn(C23CC4CC(CC(C4)C2)C3)[c](=[Cu]=[c]2n(C34CC5CC(CC(C5)C3)C4)ccn2C23CC4CC(CC(C4)C2)C3)n1C12CC3CC(CC(C3)C1)C2. The van der Waals surface area contributed by atoms with E-state index >= 15 is 0 Å². The summed E-state index contributed by atoms with van der Waals surface area (Å²) in [7, 11) is -6.00. The van der Waals surface area contributed by atoms with E-state index in [1.54, 1.807) is 8.65 Å². The average molecular weight is 823 g/mol. The molecule has 0 radical (unpaired) electrons. The zero-order valence-electron chi connectivity index (χ0n) is 33.4. The van der Waals surface area contributed by atoms with Crippen LogP contribution in [0.2, 0.25) is 0 Å². The Morgan fingerprint density at radius 1 is 0.339 bits per heavy atom. The molecule has 18 rings (SSSR count). The summed E-state index contributed by atoms with van der Waals surface area (Å²) in [5, 5.41) is 0. The van der Waals surface area contributed by atoms with Crippen LogP contribution in [0.1, 0.15) is 154 Å². The van der Waals surface area contributed by atoms with Crippen LogP contribution in [0.15, 0.2) is 24.8 Å². The van der Waals surface area contributed by atoms with Gasteiger partial charge in [-0.3, -0.25) is 0 Å². The van der Waals surface area contributed by atoms with Crippen LogP contribution in [0.3, 0.4) is 0 Å². The van der Waals surface area contributed by atoms with Crippen molar-refractivity contribution in [1.29, 1.82) is 0 Å². The van der Waals surface area contributed by atoms with Crippen LogP contribution in [-0.2, 0) is 36.2 Å². The Morgan fingerprint density at radius 3 is 0.625 bits per heavy atom. The molecule has 0 atom stereocenters. The first kappa shape index (κ1) is 35.5. The van der Waals surface area contributed by atoms with Crippen LogP contribution in [0.5, 0.6) is 0 Å². The molecule has 0 aromatic carbocycles. The van der Waals surface area contributed by atoms with Crippen molar-refractivity contribution in [2.45, 2.75) is 176 Å². The van der Waals surface area contributed by atoms with Gasteiger partial charge in [-0.1, -0.05) is 0 Å². The number of hydrogen-bond donors (Lipinski definition) is 0. The van der Waals surface area contributed by atoms with Gasteiger partial charge < -0.3 is 17.3 Å². The molecule has 10 heteroatoms. The van der Waals surface area contributed by atoms with Crippen molar-refractivity contribution in [2.75, 3.05) is 0 Å². The van der Waals surface area contributed by atoms with Crippen LogP contribution in [-0.4, -0.2) is 25.5 Å². The first-order chi connectivity index (χ1) is 26.9. The van der Waals surface area contributed by atoms with Crippen molar-refractivity contribution in [3.8, 4) is 0 Å². The minimum absolute atomic E-state index is 0.367. The molecule has 4 nitrogen and oxygen atoms in total. The van der Waals surface area contributed by atoms with E-state index in [9.17, 15) is 17.3 Å². The van der Waals surface area contributed by atoms with Crippen molar-refractivity contribution >= 4 is 7.25 Å². The third-order valence-corrected chi connectivity index (χ3v) is 21.0. The zero-order valence-corrected chi connectivity index (χ0v) is 34.3. The molecule has 16 fully saturated rings. The molecule has 0 aliphatic heterocycles. The number of nitrogens with zero attached hydrogens (tertiary/aromatic N) is 4. The van der Waals surface area contributed by atoms with Gasteiger partial charge in [0.25, 0.3) is 0 Å². The molecule has 2 aromatic heterocycles. The van der Waals surface area contributed by atoms with Crippen LogP contribution in [0, 0.1) is 79.7 Å². The molecular formula is C46H64BCuF4N4-. The second-order valence-electron chi connectivity index (χ2n) is 23.7. The van der Waals surface area contributed by atoms with Gasteiger partial charge in [0, 0.05) is 0 Å². The zero-order chi connectivity index (χ0) is 37.4. The Bertz CT molecular complexity index is 1670. The van der Waals surface area contributed by atoms with E-state index in [0.717, 1.165) is 71.0 Å². The molecule has 2 heterocycles. The summed E-state index contributed by atoms with van der Waals surface area (Å²) in [6.45, 7) is 0. The molecule has 311 valence electrons. The standard InChI is InChI=1S/2C23H32N2.BF4.Cu/c2*1-2-25(23-12-19-6-20(13-23)8-21(7-19)14-23)15-24(1)22-9-16-3-17(10-22)5-18(4-16)11-22;2-1(3,4)5;/h2*1-2,16-21H,3-14H2;;/q;;-1;. The number of hydrogen-bond acceptors (Lipinski definition) is 0. The summed E-state index contributed by atoms with van der Waals surface area (Å²) in [4.78, 5) is 0. The summed E-state index contributed by atoms with van der Waals surface area (Å²) < 4.78 is 54.6. The van der Waals surface area contributed by atoms with E-state index in [1.165, 1.54) is 154 Å². The van der Waals surface area contributed by atoms with Gasteiger partial charge in [0.1, 0.15) is 0 Å². The normalized spacial score (nSPS) is 51.0. The molecule has 0 saturated heterocycles. The van der Waals surface area contributed by atoms with Crippen LogP contribution in [0.25, 0.3) is 0 Å². The molecule has 16 saturated carbocycles. The molecule has 2 aromatic rings. The Balaban J connectivity index is 0.000000626. The maximum absolute atomic E-state index is 9.75. The van der Waals surface area contributed by atoms with Gasteiger partial charge in [0.15, 0.2) is 0 Å². The van der Waals surface area contributed by atoms with Gasteiger partial charge in [-0.2, -0.15) is 0 Å². The molecule has 0 unspecified atom stereocenters. The van der Waals surface area contributed by atoms with Crippen molar-refractivity contribution < 1.29 is 31.3 Å². The third kappa shape index (κ3) is 5.46. The van der Waals surface area contributed by atoms with Crippen molar-refractivity contribution in [2.24, 2.45) is 71.0 Å². The number of rotatable bonds is 4. The molecule has 16 bridgehead atoms. The Hall–Kier alpha value is -1.28. The fourth-order valence-corrected chi connectivity index (χ4v) is 21.5. The Kier molecular flexibility index (Phi) is 7.58. The van der Waals surface area contributed by atoms with Crippen molar-refractivity contribution in [3.63, 3.8) is 0 Å². The molecule has 56 heavy (non-hydrogen) atoms. The molecule has 16 aliphatic rings. The first-order valence-corrected chi connectivity index (χ1v) is 24.5. The van der Waals surface area contributed by atoms with Gasteiger partial charge in [-0.05, 0) is 0 Å². The van der Waals surface area contributed by atoms with Crippen LogP contribution >= 0.6 is 0 Å². The van der Waals surface area contributed by atoms with E-state index in [1.807, 2.05) is 0 Å². The van der Waals surface area contributed by atoms with E-state index in [2.05, 4.69) is 57.1 Å². The molecule has 16 aliphatic carbocycles. The topological polar surface area (TPSA) is 19.7 Å². The third-order valence-electron chi connectivity index (χ3n) is 19.7. The van der Waals surface area contributed by atoms with Crippen molar-refractivity contribution in [1.82, 2.24) is 18.3 Å². The summed E-state index contributed by atoms with van der Waals surface area (Å²) in [6, 6.07) is 0. The van der Waals surface area contributed by atoms with Gasteiger partial charge in [-0.25, -0.2) is 0 Å². The molecule has 0 amide bonds. The average Bonchev–Trinajstić information content (AvgIpc) is 3.72. The van der Waals surface area contributed by atoms with Gasteiger partial charge in [0.2, 0.25) is 0 Å². The van der Waals surface area contributed by atoms with E-state index < -0.39 is 7.25 Å². The predicted molar refractivity (Wildman–Crippen MR) is 206 cm³/mol. The minimum atomic E-state index is -6.00. The Labute approximate surface area is 336 Å². The van der Waals surface area contributed by atoms with Gasteiger partial charge >= 0.3 is 320 Å². The maximum atomic E-state index is 9.75. The van der Waals surface area contributed by atoms with Crippen LogP contribution in [0.4, 0.5) is 17.3 Å². The molecule has 0 N–H and O–H groups in total. The van der Waals surface area contributed by atoms with Crippen molar-refractivity contribution in [3.05, 3.63) is 33.4 Å². The van der Waals surface area contributed by atoms with E-state index in [-0.39, 0.29) is 0 Å². The van der Waals surface area contributed by atoms with E-state index in [0.29, 0.717) is 22.2 Å². The van der Waals surface area contributed by atoms with Gasteiger partial charge in [0.05, 0.1) is 0 Å². The monoisotopic (exact) mass is 822 g/mol. The summed E-state index contributed by atoms with van der Waals surface area (Å²) in [5.74, 6) is 11.8. The van der Waals surface area contributed by atoms with E-state index in [4.69, 9.17) is 0 Å². The molecule has 0 spiro atoms. The van der Waals surface area contributed by atoms with Gasteiger partial charge in [-0.15, -0.1) is 0 Å². The number of halogens is 4. The van der Waals surface area contributed by atoms with Crippen LogP contribution < -0.4 is 0 Å². The molecular weight excluding hydrogens is 759 g/mol. The Morgan fingerprint density at radius 2 is 0.482 bits per heavy atom. The fraction of sp³-hybridized carbons (Fsp3) is 0.870. The summed E-state index contributed by atoms with van der Waals surface area (Å²) >= 11 is 2.50. The predicted octanol–water partition coefficient (Wildman–Crippen LogP) is 11.7.